The minimum atomic E-state index is -4.16. The highest BCUT2D eigenvalue weighted by atomic mass is 32.2. The highest BCUT2D eigenvalue weighted by molar-refractivity contribution is 7.99. The van der Waals surface area contributed by atoms with Crippen LogP contribution in [0, 0.1) is 6.92 Å². The van der Waals surface area contributed by atoms with E-state index in [4.69, 9.17) is 0 Å². The van der Waals surface area contributed by atoms with Gasteiger partial charge in [-0.3, -0.25) is 0 Å². The molecule has 0 spiro atoms. The van der Waals surface area contributed by atoms with Crippen molar-refractivity contribution in [3.05, 3.63) is 5.82 Å². The fraction of sp³-hybridized carbons (Fsp3) is 0.778. The molecule has 0 bridgehead atoms. The largest absolute Gasteiger partial charge is 0.401 e. The first-order chi connectivity index (χ1) is 7.79. The molecule has 17 heavy (non-hydrogen) atoms. The third kappa shape index (κ3) is 4.95. The zero-order valence-electron chi connectivity index (χ0n) is 9.88. The number of halogens is 3. The van der Waals surface area contributed by atoms with Crippen molar-refractivity contribution < 1.29 is 13.2 Å². The predicted molar refractivity (Wildman–Crippen MR) is 60.0 cm³/mol. The Kier molecular flexibility index (Phi) is 4.81. The Morgan fingerprint density at radius 1 is 1.41 bits per heavy atom. The summed E-state index contributed by atoms with van der Waals surface area (Å²) in [4.78, 5) is 0. The first-order valence-corrected chi connectivity index (χ1v) is 5.97. The number of aromatic nitrogens is 3. The maximum Gasteiger partial charge on any atom is 0.401 e. The van der Waals surface area contributed by atoms with Crippen LogP contribution in [0.4, 0.5) is 13.2 Å². The molecule has 1 N–H and O–H groups in total. The molecule has 0 saturated heterocycles. The average molecular weight is 268 g/mol. The highest BCUT2D eigenvalue weighted by Crippen LogP contribution is 2.20. The summed E-state index contributed by atoms with van der Waals surface area (Å²) in [6.07, 6.45) is -4.16. The van der Waals surface area contributed by atoms with Gasteiger partial charge in [-0.15, -0.1) is 10.2 Å². The topological polar surface area (TPSA) is 42.7 Å². The van der Waals surface area contributed by atoms with Crippen molar-refractivity contribution in [2.24, 2.45) is 7.05 Å². The predicted octanol–water partition coefficient (Wildman–Crippen LogP) is 1.76. The monoisotopic (exact) mass is 268 g/mol. The summed E-state index contributed by atoms with van der Waals surface area (Å²) in [5, 5.41) is 10.9. The third-order valence-corrected chi connectivity index (χ3v) is 3.25. The lowest BCUT2D eigenvalue weighted by atomic mass is 10.4. The Labute approximate surface area is 102 Å². The van der Waals surface area contributed by atoms with Gasteiger partial charge in [0, 0.05) is 18.8 Å². The maximum absolute atomic E-state index is 11.9. The lowest BCUT2D eigenvalue weighted by Crippen LogP contribution is -2.32. The van der Waals surface area contributed by atoms with Crippen LogP contribution in [-0.4, -0.2) is 39.3 Å². The van der Waals surface area contributed by atoms with Crippen molar-refractivity contribution in [1.82, 2.24) is 20.1 Å². The van der Waals surface area contributed by atoms with E-state index in [-0.39, 0.29) is 11.8 Å². The van der Waals surface area contributed by atoms with Gasteiger partial charge in [0.1, 0.15) is 5.82 Å². The lowest BCUT2D eigenvalue weighted by molar-refractivity contribution is -0.124. The second-order valence-corrected chi connectivity index (χ2v) is 5.17. The van der Waals surface area contributed by atoms with E-state index < -0.39 is 12.7 Å². The van der Waals surface area contributed by atoms with E-state index in [9.17, 15) is 13.2 Å². The summed E-state index contributed by atoms with van der Waals surface area (Å²) in [5.41, 5.74) is 0. The molecule has 0 aliphatic rings. The van der Waals surface area contributed by atoms with Crippen molar-refractivity contribution in [3.8, 4) is 0 Å². The molecule has 1 heterocycles. The molecule has 1 aromatic rings. The standard InChI is InChI=1S/C9H15F3N4S/c1-6(4-13-5-9(10,11)12)17-8-15-14-7(2)16(8)3/h6,13H,4-5H2,1-3H3. The summed E-state index contributed by atoms with van der Waals surface area (Å²) < 4.78 is 37.5. The van der Waals surface area contributed by atoms with Gasteiger partial charge in [-0.1, -0.05) is 18.7 Å². The van der Waals surface area contributed by atoms with Crippen LogP contribution in [0.2, 0.25) is 0 Å². The zero-order valence-corrected chi connectivity index (χ0v) is 10.7. The van der Waals surface area contributed by atoms with Crippen molar-refractivity contribution in [3.63, 3.8) is 0 Å². The van der Waals surface area contributed by atoms with Gasteiger partial charge >= 0.3 is 6.18 Å². The van der Waals surface area contributed by atoms with E-state index in [0.717, 1.165) is 5.82 Å². The van der Waals surface area contributed by atoms with Gasteiger partial charge in [-0.05, 0) is 6.92 Å². The van der Waals surface area contributed by atoms with Crippen molar-refractivity contribution in [1.29, 1.82) is 0 Å². The van der Waals surface area contributed by atoms with Crippen LogP contribution in [0.25, 0.3) is 0 Å². The first kappa shape index (κ1) is 14.3. The molecule has 0 fully saturated rings. The summed E-state index contributed by atoms with van der Waals surface area (Å²) in [6.45, 7) is 2.98. The molecule has 0 aliphatic carbocycles. The number of nitrogens with zero attached hydrogens (tertiary/aromatic N) is 3. The van der Waals surface area contributed by atoms with Crippen LogP contribution >= 0.6 is 11.8 Å². The minimum absolute atomic E-state index is 0.000324. The summed E-state index contributed by atoms with van der Waals surface area (Å²) in [6, 6.07) is 0. The van der Waals surface area contributed by atoms with Crippen LogP contribution < -0.4 is 5.32 Å². The van der Waals surface area contributed by atoms with Crippen LogP contribution in [0.3, 0.4) is 0 Å². The zero-order chi connectivity index (χ0) is 13.1. The van der Waals surface area contributed by atoms with Crippen LogP contribution in [0.15, 0.2) is 5.16 Å². The van der Waals surface area contributed by atoms with Crippen LogP contribution in [0.5, 0.6) is 0 Å². The van der Waals surface area contributed by atoms with Crippen LogP contribution in [-0.2, 0) is 7.05 Å². The van der Waals surface area contributed by atoms with Gasteiger partial charge in [0.15, 0.2) is 5.16 Å². The lowest BCUT2D eigenvalue weighted by Gasteiger charge is -2.13. The molecular weight excluding hydrogens is 253 g/mol. The molecule has 0 aromatic carbocycles. The van der Waals surface area contributed by atoms with Crippen molar-refractivity contribution in [2.75, 3.05) is 13.1 Å². The molecule has 1 aromatic heterocycles. The number of aryl methyl sites for hydroxylation is 1. The van der Waals surface area contributed by atoms with E-state index >= 15 is 0 Å². The summed E-state index contributed by atoms with van der Waals surface area (Å²) in [5.74, 6) is 0.781. The highest BCUT2D eigenvalue weighted by Gasteiger charge is 2.26. The number of alkyl halides is 3. The fourth-order valence-corrected chi connectivity index (χ4v) is 2.07. The molecule has 0 radical (unpaired) electrons. The van der Waals surface area contributed by atoms with E-state index in [1.54, 1.807) is 0 Å². The molecule has 8 heteroatoms. The molecule has 1 rings (SSSR count). The molecule has 1 unspecified atom stereocenters. The van der Waals surface area contributed by atoms with Crippen molar-refractivity contribution in [2.45, 2.75) is 30.4 Å². The third-order valence-electron chi connectivity index (χ3n) is 2.12. The van der Waals surface area contributed by atoms with Gasteiger partial charge in [-0.2, -0.15) is 13.2 Å². The fourth-order valence-electron chi connectivity index (χ4n) is 1.13. The van der Waals surface area contributed by atoms with E-state index in [0.29, 0.717) is 5.16 Å². The molecular formula is C9H15F3N4S. The molecule has 4 nitrogen and oxygen atoms in total. The van der Waals surface area contributed by atoms with Gasteiger partial charge in [0.05, 0.1) is 6.54 Å². The maximum atomic E-state index is 11.9. The van der Waals surface area contributed by atoms with Crippen LogP contribution in [0.1, 0.15) is 12.7 Å². The van der Waals surface area contributed by atoms with Gasteiger partial charge in [0.25, 0.3) is 0 Å². The van der Waals surface area contributed by atoms with E-state index in [1.807, 2.05) is 25.5 Å². The number of hydrogen-bond acceptors (Lipinski definition) is 4. The van der Waals surface area contributed by atoms with E-state index in [1.165, 1.54) is 11.8 Å². The Balaban J connectivity index is 2.35. The summed E-state index contributed by atoms with van der Waals surface area (Å²) >= 11 is 1.40. The van der Waals surface area contributed by atoms with E-state index in [2.05, 4.69) is 15.5 Å². The number of nitrogens with one attached hydrogen (secondary N) is 1. The number of thioether (sulfide) groups is 1. The van der Waals surface area contributed by atoms with Gasteiger partial charge in [-0.25, -0.2) is 0 Å². The Morgan fingerprint density at radius 3 is 2.53 bits per heavy atom. The van der Waals surface area contributed by atoms with Gasteiger partial charge in [0.2, 0.25) is 0 Å². The molecule has 1 atom stereocenters. The second kappa shape index (κ2) is 5.72. The SMILES string of the molecule is Cc1nnc(SC(C)CNCC(F)(F)F)n1C. The molecule has 0 aliphatic heterocycles. The quantitative estimate of drug-likeness (QED) is 0.826. The normalized spacial score (nSPS) is 14.0. The number of hydrogen-bond donors (Lipinski definition) is 1. The minimum Gasteiger partial charge on any atom is -0.309 e. The first-order valence-electron chi connectivity index (χ1n) is 5.09. The average Bonchev–Trinajstić information content (AvgIpc) is 2.47. The smallest absolute Gasteiger partial charge is 0.309 e. The summed E-state index contributed by atoms with van der Waals surface area (Å²) in [7, 11) is 1.83. The Hall–Kier alpha value is -0.760. The second-order valence-electron chi connectivity index (χ2n) is 3.76. The van der Waals surface area contributed by atoms with Gasteiger partial charge < -0.3 is 9.88 Å². The molecule has 98 valence electrons. The molecule has 0 saturated carbocycles. The Bertz CT molecular complexity index is 364. The Morgan fingerprint density at radius 2 is 2.06 bits per heavy atom. The molecule has 0 amide bonds. The number of rotatable bonds is 5. The van der Waals surface area contributed by atoms with Crippen molar-refractivity contribution >= 4 is 11.8 Å².